The highest BCUT2D eigenvalue weighted by Crippen LogP contribution is 2.36. The molecule has 0 unspecified atom stereocenters. The maximum atomic E-state index is 13.4. The van der Waals surface area contributed by atoms with Crippen LogP contribution in [-0.4, -0.2) is 20.6 Å². The molecule has 1 amide bonds. The molecule has 0 radical (unpaired) electrons. The predicted octanol–water partition coefficient (Wildman–Crippen LogP) is 4.93. The first-order chi connectivity index (χ1) is 14.7. The second-order valence-electron chi connectivity index (χ2n) is 7.20. The van der Waals surface area contributed by atoms with Crippen LogP contribution in [0.3, 0.4) is 0 Å². The number of hydrogen-bond acceptors (Lipinski definition) is 4. The van der Waals surface area contributed by atoms with Crippen molar-refractivity contribution in [1.29, 1.82) is 0 Å². The van der Waals surface area contributed by atoms with Gasteiger partial charge in [-0.05, 0) is 62.1 Å². The lowest BCUT2D eigenvalue weighted by Crippen LogP contribution is -2.12. The zero-order valence-corrected chi connectivity index (χ0v) is 16.1. The van der Waals surface area contributed by atoms with Crippen LogP contribution in [0.1, 0.15) is 40.2 Å². The average Bonchev–Trinajstić information content (AvgIpc) is 3.14. The molecule has 1 aliphatic carbocycles. The molecule has 31 heavy (non-hydrogen) atoms. The molecular formula is C21H17F3N4O3. The van der Waals surface area contributed by atoms with Crippen LogP contribution in [0.25, 0.3) is 5.69 Å². The lowest BCUT2D eigenvalue weighted by atomic mass is 9.95. The number of non-ortho nitro benzene ring substituents is 1. The third-order valence-electron chi connectivity index (χ3n) is 5.16. The van der Waals surface area contributed by atoms with Crippen molar-refractivity contribution in [3.8, 4) is 5.69 Å². The Balaban J connectivity index is 1.56. The lowest BCUT2D eigenvalue weighted by molar-refractivity contribution is -0.384. The Labute approximate surface area is 174 Å². The number of fused-ring (bicyclic) bond motifs is 1. The molecule has 0 saturated carbocycles. The average molecular weight is 430 g/mol. The first-order valence-electron chi connectivity index (χ1n) is 9.58. The molecular weight excluding hydrogens is 413 g/mol. The van der Waals surface area contributed by atoms with Crippen molar-refractivity contribution in [3.05, 3.63) is 81.2 Å². The fourth-order valence-electron chi connectivity index (χ4n) is 3.66. The third kappa shape index (κ3) is 4.14. The summed E-state index contributed by atoms with van der Waals surface area (Å²) in [5.74, 6) is -0.445. The molecule has 4 rings (SSSR count). The highest BCUT2D eigenvalue weighted by molar-refractivity contribution is 6.04. The number of amides is 1. The van der Waals surface area contributed by atoms with Gasteiger partial charge in [-0.1, -0.05) is 0 Å². The van der Waals surface area contributed by atoms with Gasteiger partial charge < -0.3 is 5.32 Å². The topological polar surface area (TPSA) is 90.1 Å². The molecule has 1 N–H and O–H groups in total. The molecule has 1 aromatic heterocycles. The van der Waals surface area contributed by atoms with Crippen molar-refractivity contribution < 1.29 is 22.9 Å². The summed E-state index contributed by atoms with van der Waals surface area (Å²) in [6.07, 6.45) is -2.16. The molecule has 1 heterocycles. The Kier molecular flexibility index (Phi) is 5.22. The van der Waals surface area contributed by atoms with Gasteiger partial charge in [0.1, 0.15) is 0 Å². The molecule has 0 aliphatic heterocycles. The second-order valence-corrected chi connectivity index (χ2v) is 7.20. The van der Waals surface area contributed by atoms with Crippen LogP contribution >= 0.6 is 0 Å². The van der Waals surface area contributed by atoms with E-state index < -0.39 is 22.7 Å². The van der Waals surface area contributed by atoms with Gasteiger partial charge in [0.2, 0.25) is 0 Å². The number of nitro benzene ring substituents is 1. The van der Waals surface area contributed by atoms with E-state index in [0.29, 0.717) is 41.9 Å². The molecule has 2 aromatic carbocycles. The number of anilines is 1. The van der Waals surface area contributed by atoms with Gasteiger partial charge in [0.15, 0.2) is 5.69 Å². The van der Waals surface area contributed by atoms with E-state index >= 15 is 0 Å². The zero-order valence-electron chi connectivity index (χ0n) is 16.1. The number of alkyl halides is 3. The van der Waals surface area contributed by atoms with Crippen molar-refractivity contribution in [2.75, 3.05) is 5.32 Å². The number of halogens is 3. The van der Waals surface area contributed by atoms with Crippen LogP contribution in [0.15, 0.2) is 48.5 Å². The maximum Gasteiger partial charge on any atom is 0.435 e. The van der Waals surface area contributed by atoms with E-state index in [2.05, 4.69) is 10.4 Å². The van der Waals surface area contributed by atoms with E-state index in [1.807, 2.05) is 0 Å². The Morgan fingerprint density at radius 1 is 1.03 bits per heavy atom. The normalized spacial score (nSPS) is 13.5. The monoisotopic (exact) mass is 430 g/mol. The fourth-order valence-corrected chi connectivity index (χ4v) is 3.66. The first kappa shape index (κ1) is 20.6. The molecule has 0 spiro atoms. The highest BCUT2D eigenvalue weighted by atomic mass is 19.4. The van der Waals surface area contributed by atoms with Crippen molar-refractivity contribution in [1.82, 2.24) is 9.78 Å². The van der Waals surface area contributed by atoms with Crippen LogP contribution < -0.4 is 5.32 Å². The van der Waals surface area contributed by atoms with Gasteiger partial charge in [-0.15, -0.1) is 0 Å². The first-order valence-corrected chi connectivity index (χ1v) is 9.58. The van der Waals surface area contributed by atoms with E-state index in [1.165, 1.54) is 41.1 Å². The minimum atomic E-state index is -4.52. The number of hydrogen-bond donors (Lipinski definition) is 1. The van der Waals surface area contributed by atoms with Gasteiger partial charge >= 0.3 is 6.18 Å². The van der Waals surface area contributed by atoms with Crippen LogP contribution in [0.5, 0.6) is 0 Å². The van der Waals surface area contributed by atoms with Gasteiger partial charge in [-0.25, -0.2) is 4.68 Å². The fraction of sp³-hybridized carbons (Fsp3) is 0.238. The SMILES string of the molecule is O=C(Nc1ccc([N+](=O)[O-])cc1)c1ccc(-n2nc(C(F)(F)F)c3c2CCCC3)cc1. The summed E-state index contributed by atoms with van der Waals surface area (Å²) in [4.78, 5) is 22.6. The number of nitro groups is 1. The molecule has 7 nitrogen and oxygen atoms in total. The number of benzene rings is 2. The summed E-state index contributed by atoms with van der Waals surface area (Å²) in [6.45, 7) is 0. The van der Waals surface area contributed by atoms with Gasteiger partial charge in [-0.2, -0.15) is 18.3 Å². The quantitative estimate of drug-likeness (QED) is 0.469. The summed E-state index contributed by atoms with van der Waals surface area (Å²) in [6, 6.07) is 11.5. The Morgan fingerprint density at radius 3 is 2.29 bits per heavy atom. The molecule has 0 saturated heterocycles. The van der Waals surface area contributed by atoms with Crippen LogP contribution in [0.2, 0.25) is 0 Å². The molecule has 3 aromatic rings. The summed E-state index contributed by atoms with van der Waals surface area (Å²) in [7, 11) is 0. The summed E-state index contributed by atoms with van der Waals surface area (Å²) >= 11 is 0. The van der Waals surface area contributed by atoms with Gasteiger partial charge in [0.05, 0.1) is 10.6 Å². The molecule has 0 fully saturated rings. The smallest absolute Gasteiger partial charge is 0.322 e. The summed E-state index contributed by atoms with van der Waals surface area (Å²) in [5.41, 5.74) is 0.987. The van der Waals surface area contributed by atoms with E-state index in [1.54, 1.807) is 12.1 Å². The molecule has 1 aliphatic rings. The maximum absolute atomic E-state index is 13.4. The van der Waals surface area contributed by atoms with Gasteiger partial charge in [-0.3, -0.25) is 14.9 Å². The van der Waals surface area contributed by atoms with Crippen molar-refractivity contribution >= 4 is 17.3 Å². The lowest BCUT2D eigenvalue weighted by Gasteiger charge is -2.15. The Hall–Kier alpha value is -3.69. The van der Waals surface area contributed by atoms with E-state index in [0.717, 1.165) is 6.42 Å². The summed E-state index contributed by atoms with van der Waals surface area (Å²) < 4.78 is 41.5. The van der Waals surface area contributed by atoms with Crippen molar-refractivity contribution in [2.45, 2.75) is 31.9 Å². The van der Waals surface area contributed by atoms with Crippen LogP contribution in [0, 0.1) is 10.1 Å². The largest absolute Gasteiger partial charge is 0.435 e. The minimum Gasteiger partial charge on any atom is -0.322 e. The highest BCUT2D eigenvalue weighted by Gasteiger charge is 2.39. The number of aromatic nitrogens is 2. The zero-order chi connectivity index (χ0) is 22.2. The molecule has 0 atom stereocenters. The summed E-state index contributed by atoms with van der Waals surface area (Å²) in [5, 5.41) is 17.2. The van der Waals surface area contributed by atoms with Crippen molar-refractivity contribution in [3.63, 3.8) is 0 Å². The number of rotatable bonds is 4. The van der Waals surface area contributed by atoms with Crippen LogP contribution in [-0.2, 0) is 19.0 Å². The van der Waals surface area contributed by atoms with Crippen LogP contribution in [0.4, 0.5) is 24.5 Å². The number of carbonyl (C=O) groups excluding carboxylic acids is 1. The molecule has 0 bridgehead atoms. The second kappa shape index (κ2) is 7.86. The van der Waals surface area contributed by atoms with Gasteiger partial charge in [0.25, 0.3) is 11.6 Å². The van der Waals surface area contributed by atoms with Crippen molar-refractivity contribution in [2.24, 2.45) is 0 Å². The van der Waals surface area contributed by atoms with E-state index in [4.69, 9.17) is 0 Å². The Bertz CT molecular complexity index is 1140. The number of nitrogens with one attached hydrogen (secondary N) is 1. The molecule has 10 heteroatoms. The number of nitrogens with zero attached hydrogens (tertiary/aromatic N) is 3. The van der Waals surface area contributed by atoms with E-state index in [-0.39, 0.29) is 11.3 Å². The molecule has 160 valence electrons. The minimum absolute atomic E-state index is 0.0943. The third-order valence-corrected chi connectivity index (χ3v) is 5.16. The van der Waals surface area contributed by atoms with Gasteiger partial charge in [0, 0.05) is 34.6 Å². The predicted molar refractivity (Wildman–Crippen MR) is 106 cm³/mol. The van der Waals surface area contributed by atoms with E-state index in [9.17, 15) is 28.1 Å². The Morgan fingerprint density at radius 2 is 1.68 bits per heavy atom. The standard InChI is InChI=1S/C21H17F3N4O3/c22-21(23,24)19-17-3-1-2-4-18(17)27(26-19)15-9-5-13(6-10-15)20(29)25-14-7-11-16(12-8-14)28(30)31/h5-12H,1-4H2,(H,25,29). The number of carbonyl (C=O) groups is 1.